The molecule has 1 aliphatic heterocycles. The number of amides is 1. The first-order valence-electron chi connectivity index (χ1n) is 8.25. The molecule has 5 nitrogen and oxygen atoms in total. The lowest BCUT2D eigenvalue weighted by Crippen LogP contribution is -2.54. The third-order valence-corrected chi connectivity index (χ3v) is 5.64. The Hall–Kier alpha value is -2.21. The summed E-state index contributed by atoms with van der Waals surface area (Å²) in [7, 11) is 0. The molecule has 1 aromatic heterocycles. The molecule has 1 aromatic carbocycles. The van der Waals surface area contributed by atoms with Crippen LogP contribution in [0, 0.1) is 0 Å². The van der Waals surface area contributed by atoms with E-state index >= 15 is 0 Å². The first-order chi connectivity index (χ1) is 11.9. The molecule has 2 heterocycles. The Morgan fingerprint density at radius 3 is 2.72 bits per heavy atom. The van der Waals surface area contributed by atoms with E-state index < -0.39 is 17.4 Å². The van der Waals surface area contributed by atoms with Crippen LogP contribution in [0.3, 0.4) is 0 Å². The Bertz CT molecular complexity index is 790. The summed E-state index contributed by atoms with van der Waals surface area (Å²) in [4.78, 5) is 24.0. The number of carboxylic acids is 1. The van der Waals surface area contributed by atoms with Crippen LogP contribution in [0.2, 0.25) is 0 Å². The highest BCUT2D eigenvalue weighted by Crippen LogP contribution is 2.30. The van der Waals surface area contributed by atoms with Gasteiger partial charge in [0.2, 0.25) is 0 Å². The summed E-state index contributed by atoms with van der Waals surface area (Å²) in [6.45, 7) is 4.23. The van der Waals surface area contributed by atoms with Crippen LogP contribution in [-0.4, -0.2) is 34.0 Å². The number of benzene rings is 1. The van der Waals surface area contributed by atoms with Crippen molar-refractivity contribution in [3.63, 3.8) is 0 Å². The van der Waals surface area contributed by atoms with Crippen molar-refractivity contribution < 1.29 is 19.1 Å². The highest BCUT2D eigenvalue weighted by Gasteiger charge is 2.43. The molecule has 0 aliphatic carbocycles. The van der Waals surface area contributed by atoms with Crippen molar-refractivity contribution >= 4 is 23.6 Å². The molecular formula is C19H21NO4S. The molecule has 25 heavy (non-hydrogen) atoms. The van der Waals surface area contributed by atoms with Gasteiger partial charge in [0, 0.05) is 11.3 Å². The lowest BCUT2D eigenvalue weighted by atomic mass is 9.99. The van der Waals surface area contributed by atoms with Crippen molar-refractivity contribution in [3.8, 4) is 11.3 Å². The van der Waals surface area contributed by atoms with Gasteiger partial charge < -0.3 is 14.8 Å². The molecule has 2 aromatic rings. The molecule has 0 saturated carbocycles. The zero-order chi connectivity index (χ0) is 18.0. The standard InChI is InChI=1S/C19H21NO4S/c1-12(2)13-4-3-5-14(10-13)15-6-7-16(24-15)17(21)20-19(18(22)23)8-9-25-11-19/h3-7,10,12H,8-9,11H2,1-2H3,(H,20,21)(H,22,23). The van der Waals surface area contributed by atoms with E-state index in [4.69, 9.17) is 4.42 Å². The van der Waals surface area contributed by atoms with E-state index in [-0.39, 0.29) is 5.76 Å². The second kappa shape index (κ2) is 6.96. The summed E-state index contributed by atoms with van der Waals surface area (Å²) in [5.74, 6) is 0.725. The van der Waals surface area contributed by atoms with Gasteiger partial charge in [-0.3, -0.25) is 4.79 Å². The Kier molecular flexibility index (Phi) is 4.90. The van der Waals surface area contributed by atoms with E-state index in [2.05, 4.69) is 25.2 Å². The molecule has 3 rings (SSSR count). The number of rotatable bonds is 5. The quantitative estimate of drug-likeness (QED) is 0.850. The predicted molar refractivity (Wildman–Crippen MR) is 98.0 cm³/mol. The van der Waals surface area contributed by atoms with Crippen LogP contribution >= 0.6 is 11.8 Å². The number of nitrogens with one attached hydrogen (secondary N) is 1. The Morgan fingerprint density at radius 1 is 1.28 bits per heavy atom. The van der Waals surface area contributed by atoms with Gasteiger partial charge >= 0.3 is 5.97 Å². The maximum absolute atomic E-state index is 12.5. The van der Waals surface area contributed by atoms with Gasteiger partial charge in [-0.2, -0.15) is 11.8 Å². The first-order valence-corrected chi connectivity index (χ1v) is 9.40. The van der Waals surface area contributed by atoms with E-state index in [0.29, 0.717) is 23.9 Å². The van der Waals surface area contributed by atoms with Gasteiger partial charge in [-0.25, -0.2) is 4.79 Å². The van der Waals surface area contributed by atoms with E-state index in [0.717, 1.165) is 11.3 Å². The van der Waals surface area contributed by atoms with Gasteiger partial charge in [0.05, 0.1) is 0 Å². The van der Waals surface area contributed by atoms with Crippen LogP contribution in [0.1, 0.15) is 42.3 Å². The van der Waals surface area contributed by atoms with Crippen molar-refractivity contribution in [2.45, 2.75) is 31.7 Å². The number of carbonyl (C=O) groups is 2. The van der Waals surface area contributed by atoms with E-state index in [1.807, 2.05) is 18.2 Å². The molecule has 1 atom stereocenters. The summed E-state index contributed by atoms with van der Waals surface area (Å²) in [6, 6.07) is 11.3. The molecule has 0 spiro atoms. The Labute approximate surface area is 150 Å². The summed E-state index contributed by atoms with van der Waals surface area (Å²) in [6.07, 6.45) is 0.419. The van der Waals surface area contributed by atoms with Crippen LogP contribution in [-0.2, 0) is 4.79 Å². The molecule has 1 unspecified atom stereocenters. The second-order valence-corrected chi connectivity index (χ2v) is 7.69. The SMILES string of the molecule is CC(C)c1cccc(-c2ccc(C(=O)NC3(C(=O)O)CCSC3)o2)c1. The molecule has 2 N–H and O–H groups in total. The minimum absolute atomic E-state index is 0.127. The van der Waals surface area contributed by atoms with Crippen LogP contribution in [0.4, 0.5) is 0 Å². The van der Waals surface area contributed by atoms with Crippen LogP contribution in [0.5, 0.6) is 0 Å². The molecular weight excluding hydrogens is 338 g/mol. The number of carbonyl (C=O) groups excluding carboxylic acids is 1. The molecule has 0 radical (unpaired) electrons. The molecule has 1 saturated heterocycles. The fourth-order valence-corrected chi connectivity index (χ4v) is 4.16. The molecule has 6 heteroatoms. The fourth-order valence-electron chi connectivity index (χ4n) is 2.83. The second-order valence-electron chi connectivity index (χ2n) is 6.59. The lowest BCUT2D eigenvalue weighted by Gasteiger charge is -2.23. The molecule has 1 aliphatic rings. The van der Waals surface area contributed by atoms with Gasteiger partial charge in [0.25, 0.3) is 5.91 Å². The zero-order valence-corrected chi connectivity index (χ0v) is 15.1. The topological polar surface area (TPSA) is 79.5 Å². The average Bonchev–Trinajstić information content (AvgIpc) is 3.25. The van der Waals surface area contributed by atoms with Crippen molar-refractivity contribution in [2.75, 3.05) is 11.5 Å². The summed E-state index contributed by atoms with van der Waals surface area (Å²) in [5.41, 5.74) is 0.883. The minimum Gasteiger partial charge on any atom is -0.479 e. The highest BCUT2D eigenvalue weighted by atomic mass is 32.2. The molecule has 0 bridgehead atoms. The first kappa shape index (κ1) is 17.6. The van der Waals surface area contributed by atoms with Crippen molar-refractivity contribution in [3.05, 3.63) is 47.7 Å². The van der Waals surface area contributed by atoms with Gasteiger partial charge in [-0.15, -0.1) is 0 Å². The summed E-state index contributed by atoms with van der Waals surface area (Å²) in [5, 5.41) is 12.1. The maximum Gasteiger partial charge on any atom is 0.330 e. The summed E-state index contributed by atoms with van der Waals surface area (Å²) < 4.78 is 5.69. The number of furan rings is 1. The number of hydrogen-bond donors (Lipinski definition) is 2. The monoisotopic (exact) mass is 359 g/mol. The van der Waals surface area contributed by atoms with E-state index in [1.165, 1.54) is 17.3 Å². The predicted octanol–water partition coefficient (Wildman–Crippen LogP) is 3.76. The Balaban J connectivity index is 1.80. The van der Waals surface area contributed by atoms with Crippen molar-refractivity contribution in [1.82, 2.24) is 5.32 Å². The summed E-state index contributed by atoms with van der Waals surface area (Å²) >= 11 is 1.53. The third kappa shape index (κ3) is 3.58. The number of hydrogen-bond acceptors (Lipinski definition) is 4. The fraction of sp³-hybridized carbons (Fsp3) is 0.368. The highest BCUT2D eigenvalue weighted by molar-refractivity contribution is 7.99. The maximum atomic E-state index is 12.5. The third-order valence-electron chi connectivity index (χ3n) is 4.45. The number of thioether (sulfide) groups is 1. The molecule has 132 valence electrons. The van der Waals surface area contributed by atoms with Gasteiger partial charge in [-0.05, 0) is 41.9 Å². The minimum atomic E-state index is -1.20. The lowest BCUT2D eigenvalue weighted by molar-refractivity contribution is -0.143. The van der Waals surface area contributed by atoms with Gasteiger partial charge in [0.1, 0.15) is 11.3 Å². The van der Waals surface area contributed by atoms with E-state index in [1.54, 1.807) is 12.1 Å². The van der Waals surface area contributed by atoms with Crippen molar-refractivity contribution in [2.24, 2.45) is 0 Å². The smallest absolute Gasteiger partial charge is 0.330 e. The zero-order valence-electron chi connectivity index (χ0n) is 14.2. The average molecular weight is 359 g/mol. The molecule has 1 amide bonds. The number of aliphatic carboxylic acids is 1. The van der Waals surface area contributed by atoms with Gasteiger partial charge in [-0.1, -0.05) is 32.0 Å². The largest absolute Gasteiger partial charge is 0.479 e. The normalized spacial score (nSPS) is 20.0. The number of carboxylic acid groups (broad SMARTS) is 1. The van der Waals surface area contributed by atoms with Gasteiger partial charge in [0.15, 0.2) is 5.76 Å². The van der Waals surface area contributed by atoms with Crippen LogP contribution in [0.15, 0.2) is 40.8 Å². The van der Waals surface area contributed by atoms with Crippen molar-refractivity contribution in [1.29, 1.82) is 0 Å². The van der Waals surface area contributed by atoms with E-state index in [9.17, 15) is 14.7 Å². The van der Waals surface area contributed by atoms with Crippen LogP contribution < -0.4 is 5.32 Å². The van der Waals surface area contributed by atoms with Crippen LogP contribution in [0.25, 0.3) is 11.3 Å². The molecule has 1 fully saturated rings. The Morgan fingerprint density at radius 2 is 2.08 bits per heavy atom.